The lowest BCUT2D eigenvalue weighted by atomic mass is 9.86. The van der Waals surface area contributed by atoms with E-state index in [0.717, 1.165) is 25.7 Å². The maximum Gasteiger partial charge on any atom is 0.490 e. The van der Waals surface area contributed by atoms with E-state index >= 15 is 0 Å². The molecular weight excluding hydrogens is 497 g/mol. The summed E-state index contributed by atoms with van der Waals surface area (Å²) in [6.07, 6.45) is 0.0510. The Balaban J connectivity index is 0.000000479. The van der Waals surface area contributed by atoms with Crippen LogP contribution in [0, 0.1) is 5.92 Å². The highest BCUT2D eigenvalue weighted by Gasteiger charge is 2.38. The van der Waals surface area contributed by atoms with Crippen molar-refractivity contribution in [2.75, 3.05) is 11.9 Å². The van der Waals surface area contributed by atoms with Gasteiger partial charge in [-0.05, 0) is 49.2 Å². The number of aliphatic hydroxyl groups is 1. The number of aromatic amines is 1. The molecular formula is C23H25F3N6O5. The molecule has 14 heteroatoms. The normalized spacial score (nSPS) is 17.3. The molecule has 1 fully saturated rings. The highest BCUT2D eigenvalue weighted by atomic mass is 19.4. The molecule has 11 nitrogen and oxygen atoms in total. The van der Waals surface area contributed by atoms with Crippen LogP contribution in [0.15, 0.2) is 53.5 Å². The fraction of sp³-hybridized carbons (Fsp3) is 0.348. The van der Waals surface area contributed by atoms with Gasteiger partial charge in [0.2, 0.25) is 5.95 Å². The average Bonchev–Trinajstić information content (AvgIpc) is 3.24. The monoisotopic (exact) mass is 522 g/mol. The van der Waals surface area contributed by atoms with Crippen LogP contribution >= 0.6 is 0 Å². The van der Waals surface area contributed by atoms with Gasteiger partial charge in [0.25, 0.3) is 5.91 Å². The van der Waals surface area contributed by atoms with Gasteiger partial charge in [-0.3, -0.25) is 9.78 Å². The molecule has 37 heavy (non-hydrogen) atoms. The number of benzene rings is 1. The zero-order chi connectivity index (χ0) is 27.0. The third-order valence-electron chi connectivity index (χ3n) is 5.53. The number of nitrogens with zero attached hydrogens (tertiary/aromatic N) is 3. The second-order valence-corrected chi connectivity index (χ2v) is 8.21. The van der Waals surface area contributed by atoms with Crippen molar-refractivity contribution in [2.24, 2.45) is 5.92 Å². The van der Waals surface area contributed by atoms with Crippen molar-refractivity contribution in [1.29, 1.82) is 0 Å². The maximum absolute atomic E-state index is 12.4. The Kier molecular flexibility index (Phi) is 9.00. The van der Waals surface area contributed by atoms with Gasteiger partial charge in [0.05, 0.1) is 6.10 Å². The molecule has 2 unspecified atom stereocenters. The van der Waals surface area contributed by atoms with Crippen LogP contribution in [0.3, 0.4) is 0 Å². The van der Waals surface area contributed by atoms with Gasteiger partial charge in [-0.1, -0.05) is 18.9 Å². The molecule has 198 valence electrons. The van der Waals surface area contributed by atoms with Crippen LogP contribution in [0.2, 0.25) is 0 Å². The number of pyridine rings is 1. The number of carbonyl (C=O) groups is 2. The molecule has 1 aromatic carbocycles. The molecule has 2 aromatic heterocycles. The summed E-state index contributed by atoms with van der Waals surface area (Å²) in [7, 11) is 0. The van der Waals surface area contributed by atoms with Gasteiger partial charge in [-0.2, -0.15) is 17.9 Å². The summed E-state index contributed by atoms with van der Waals surface area (Å²) in [6, 6.07) is 12.1. The van der Waals surface area contributed by atoms with Crippen molar-refractivity contribution in [1.82, 2.24) is 25.1 Å². The molecule has 4 rings (SSSR count). The Morgan fingerprint density at radius 1 is 1.11 bits per heavy atom. The first-order chi connectivity index (χ1) is 17.5. The summed E-state index contributed by atoms with van der Waals surface area (Å²) in [5.41, 5.74) is 0.798. The first-order valence-electron chi connectivity index (χ1n) is 11.3. The third kappa shape index (κ3) is 7.90. The van der Waals surface area contributed by atoms with Crippen LogP contribution < -0.4 is 16.3 Å². The summed E-state index contributed by atoms with van der Waals surface area (Å²) >= 11 is 0. The lowest BCUT2D eigenvalue weighted by molar-refractivity contribution is -0.192. The number of aliphatic carboxylic acids is 1. The molecule has 1 aliphatic carbocycles. The first kappa shape index (κ1) is 27.4. The van der Waals surface area contributed by atoms with Crippen LogP contribution in [-0.2, 0) is 4.79 Å². The molecule has 0 saturated heterocycles. The number of alkyl halides is 3. The van der Waals surface area contributed by atoms with E-state index in [1.807, 2.05) is 0 Å². The molecule has 0 aliphatic heterocycles. The van der Waals surface area contributed by atoms with Crippen LogP contribution in [-0.4, -0.2) is 60.7 Å². The van der Waals surface area contributed by atoms with Crippen molar-refractivity contribution in [2.45, 2.75) is 38.0 Å². The lowest BCUT2D eigenvalue weighted by Crippen LogP contribution is -2.36. The van der Waals surface area contributed by atoms with E-state index in [-0.39, 0.29) is 23.9 Å². The topological polar surface area (TPSA) is 162 Å². The van der Waals surface area contributed by atoms with E-state index in [0.29, 0.717) is 23.6 Å². The summed E-state index contributed by atoms with van der Waals surface area (Å²) in [5, 5.41) is 27.3. The van der Waals surface area contributed by atoms with Crippen molar-refractivity contribution in [3.8, 4) is 5.82 Å². The molecule has 1 aliphatic rings. The van der Waals surface area contributed by atoms with Crippen molar-refractivity contribution >= 4 is 23.5 Å². The fourth-order valence-corrected chi connectivity index (χ4v) is 3.61. The van der Waals surface area contributed by atoms with Crippen LogP contribution in [0.25, 0.3) is 5.82 Å². The van der Waals surface area contributed by atoms with E-state index in [9.17, 15) is 27.9 Å². The predicted octanol–water partition coefficient (Wildman–Crippen LogP) is 2.61. The number of hydrogen-bond donors (Lipinski definition) is 5. The van der Waals surface area contributed by atoms with Crippen LogP contribution in [0.5, 0.6) is 0 Å². The number of anilines is 2. The van der Waals surface area contributed by atoms with Gasteiger partial charge >= 0.3 is 17.8 Å². The van der Waals surface area contributed by atoms with Gasteiger partial charge in [0, 0.05) is 29.9 Å². The van der Waals surface area contributed by atoms with E-state index in [4.69, 9.17) is 9.90 Å². The number of aromatic nitrogens is 4. The van der Waals surface area contributed by atoms with Gasteiger partial charge in [0.1, 0.15) is 0 Å². The Morgan fingerprint density at radius 3 is 2.38 bits per heavy atom. The Hall–Kier alpha value is -4.20. The third-order valence-corrected chi connectivity index (χ3v) is 5.53. The number of hydrogen-bond acceptors (Lipinski definition) is 7. The van der Waals surface area contributed by atoms with Crippen LogP contribution in [0.4, 0.5) is 24.8 Å². The molecule has 1 saturated carbocycles. The number of halogens is 3. The van der Waals surface area contributed by atoms with Gasteiger partial charge in [-0.25, -0.2) is 14.6 Å². The molecule has 5 N–H and O–H groups in total. The zero-order valence-corrected chi connectivity index (χ0v) is 19.4. The summed E-state index contributed by atoms with van der Waals surface area (Å²) in [5.74, 6) is -2.12. The second kappa shape index (κ2) is 12.2. The number of carbonyl (C=O) groups excluding carboxylic acids is 1. The number of carboxylic acids is 1. The number of aliphatic hydroxyl groups excluding tert-OH is 1. The average molecular weight is 522 g/mol. The smallest absolute Gasteiger partial charge is 0.475 e. The minimum Gasteiger partial charge on any atom is -0.475 e. The number of H-pyrrole nitrogens is 1. The highest BCUT2D eigenvalue weighted by molar-refractivity contribution is 5.94. The van der Waals surface area contributed by atoms with Crippen molar-refractivity contribution < 1.29 is 33.0 Å². The predicted molar refractivity (Wildman–Crippen MR) is 126 cm³/mol. The zero-order valence-electron chi connectivity index (χ0n) is 19.4. The summed E-state index contributed by atoms with van der Waals surface area (Å²) < 4.78 is 32.9. The van der Waals surface area contributed by atoms with E-state index in [1.165, 1.54) is 4.68 Å². The van der Waals surface area contributed by atoms with Crippen molar-refractivity contribution in [3.63, 3.8) is 0 Å². The molecule has 2 heterocycles. The van der Waals surface area contributed by atoms with E-state index in [1.54, 1.807) is 48.7 Å². The lowest BCUT2D eigenvalue weighted by Gasteiger charge is -2.27. The minimum absolute atomic E-state index is 0.120. The van der Waals surface area contributed by atoms with Crippen molar-refractivity contribution in [3.05, 3.63) is 64.7 Å². The number of amides is 1. The largest absolute Gasteiger partial charge is 0.490 e. The van der Waals surface area contributed by atoms with E-state index < -0.39 is 17.8 Å². The molecule has 1 amide bonds. The highest BCUT2D eigenvalue weighted by Crippen LogP contribution is 2.23. The molecule has 0 radical (unpaired) electrons. The van der Waals surface area contributed by atoms with Gasteiger partial charge in [-0.15, -0.1) is 5.10 Å². The van der Waals surface area contributed by atoms with Crippen LogP contribution in [0.1, 0.15) is 36.0 Å². The SMILES string of the molecule is O=C(NCC1CCCCC1O)c1ccc(Nc2nn(-c3ccccn3)c(=O)[nH]2)cc1.O=C(O)C(F)(F)F. The first-order valence-corrected chi connectivity index (χ1v) is 11.3. The molecule has 0 spiro atoms. The number of carboxylic acid groups (broad SMARTS) is 1. The quantitative estimate of drug-likeness (QED) is 0.330. The van der Waals surface area contributed by atoms with E-state index in [2.05, 4.69) is 25.7 Å². The van der Waals surface area contributed by atoms with Gasteiger partial charge in [0.15, 0.2) is 5.82 Å². The molecule has 0 bridgehead atoms. The Labute approximate surface area is 208 Å². The number of rotatable bonds is 6. The summed E-state index contributed by atoms with van der Waals surface area (Å²) in [4.78, 5) is 40.1. The fourth-order valence-electron chi connectivity index (χ4n) is 3.61. The Bertz CT molecular complexity index is 1240. The standard InChI is InChI=1S/C21H24N6O3.C2HF3O2/c28-17-6-2-1-5-15(17)13-23-19(29)14-8-10-16(11-9-14)24-20-25-21(30)27(26-20)18-7-3-4-12-22-18;3-2(4,5)1(6)7/h3-4,7-12,15,17,28H,1-2,5-6,13H2,(H,23,29)(H2,24,25,26,30);(H,6,7). The molecule has 2 atom stereocenters. The number of nitrogens with one attached hydrogen (secondary N) is 3. The minimum atomic E-state index is -5.08. The Morgan fingerprint density at radius 2 is 1.78 bits per heavy atom. The molecule has 3 aromatic rings. The summed E-state index contributed by atoms with van der Waals surface area (Å²) in [6.45, 7) is 0.478. The van der Waals surface area contributed by atoms with Gasteiger partial charge < -0.3 is 20.8 Å². The second-order valence-electron chi connectivity index (χ2n) is 8.21. The maximum atomic E-state index is 12.4.